The van der Waals surface area contributed by atoms with Gasteiger partial charge in [-0.05, 0) is 49.3 Å². The molecule has 1 N–H and O–H groups in total. The summed E-state index contributed by atoms with van der Waals surface area (Å²) in [6.07, 6.45) is 1.97. The Bertz CT molecular complexity index is 769. The van der Waals surface area contributed by atoms with E-state index in [-0.39, 0.29) is 11.9 Å². The maximum Gasteiger partial charge on any atom is 0.174 e. The Morgan fingerprint density at radius 2 is 2.00 bits per heavy atom. The van der Waals surface area contributed by atoms with Crippen molar-refractivity contribution < 1.29 is 13.9 Å². The highest BCUT2D eigenvalue weighted by molar-refractivity contribution is 7.80. The number of rotatable bonds is 4. The lowest BCUT2D eigenvalue weighted by molar-refractivity contribution is 0.362. The van der Waals surface area contributed by atoms with E-state index in [4.69, 9.17) is 21.7 Å². The van der Waals surface area contributed by atoms with Crippen LogP contribution in [0, 0.1) is 5.82 Å². The molecule has 0 aliphatic carbocycles. The van der Waals surface area contributed by atoms with E-state index in [0.717, 1.165) is 36.4 Å². The SMILES string of the molecule is COc1ccc(C2CCCN2C(=S)Nc2ccccc2F)c(OC)c1. The van der Waals surface area contributed by atoms with Crippen LogP contribution in [0.1, 0.15) is 24.4 Å². The standard InChI is InChI=1S/C19H21FN2O2S/c1-23-13-9-10-14(18(12-13)24-2)17-8-5-11-22(17)19(25)21-16-7-4-3-6-15(16)20/h3-4,6-7,9-10,12,17H,5,8,11H2,1-2H3,(H,21,25). The molecule has 0 radical (unpaired) electrons. The summed E-state index contributed by atoms with van der Waals surface area (Å²) in [6.45, 7) is 0.820. The second kappa shape index (κ2) is 7.70. The van der Waals surface area contributed by atoms with Gasteiger partial charge >= 0.3 is 0 Å². The minimum absolute atomic E-state index is 0.0904. The third kappa shape index (κ3) is 3.69. The Morgan fingerprint density at radius 1 is 1.20 bits per heavy atom. The van der Waals surface area contributed by atoms with Gasteiger partial charge in [0.15, 0.2) is 5.11 Å². The molecule has 3 rings (SSSR count). The number of nitrogens with zero attached hydrogens (tertiary/aromatic N) is 1. The number of thiocarbonyl (C=S) groups is 1. The molecule has 6 heteroatoms. The molecule has 0 saturated carbocycles. The van der Waals surface area contributed by atoms with Gasteiger partial charge < -0.3 is 19.7 Å². The average Bonchev–Trinajstić information content (AvgIpc) is 3.12. The minimum Gasteiger partial charge on any atom is -0.497 e. The number of likely N-dealkylation sites (tertiary alicyclic amines) is 1. The van der Waals surface area contributed by atoms with Gasteiger partial charge in [-0.3, -0.25) is 0 Å². The largest absolute Gasteiger partial charge is 0.497 e. The van der Waals surface area contributed by atoms with Crippen LogP contribution in [0.3, 0.4) is 0 Å². The lowest BCUT2D eigenvalue weighted by atomic mass is 10.0. The molecule has 1 atom stereocenters. The van der Waals surface area contributed by atoms with Gasteiger partial charge in [-0.15, -0.1) is 0 Å². The van der Waals surface area contributed by atoms with Gasteiger partial charge in [-0.25, -0.2) is 4.39 Å². The molecular formula is C19H21FN2O2S. The monoisotopic (exact) mass is 360 g/mol. The quantitative estimate of drug-likeness (QED) is 0.819. The highest BCUT2D eigenvalue weighted by Crippen LogP contribution is 2.39. The first-order chi connectivity index (χ1) is 12.1. The highest BCUT2D eigenvalue weighted by Gasteiger charge is 2.30. The number of para-hydroxylation sites is 1. The van der Waals surface area contributed by atoms with Crippen molar-refractivity contribution in [3.05, 3.63) is 53.8 Å². The molecule has 25 heavy (non-hydrogen) atoms. The molecule has 1 saturated heterocycles. The summed E-state index contributed by atoms with van der Waals surface area (Å²) >= 11 is 5.54. The van der Waals surface area contributed by atoms with E-state index in [1.54, 1.807) is 32.4 Å². The van der Waals surface area contributed by atoms with Crippen LogP contribution in [0.15, 0.2) is 42.5 Å². The van der Waals surface area contributed by atoms with Crippen molar-refractivity contribution in [2.75, 3.05) is 26.1 Å². The first-order valence-corrected chi connectivity index (χ1v) is 8.59. The fourth-order valence-corrected chi connectivity index (χ4v) is 3.50. The molecule has 0 amide bonds. The van der Waals surface area contributed by atoms with Gasteiger partial charge in [0.2, 0.25) is 0 Å². The van der Waals surface area contributed by atoms with Crippen molar-refractivity contribution >= 4 is 23.0 Å². The van der Waals surface area contributed by atoms with Gasteiger partial charge in [-0.2, -0.15) is 0 Å². The number of benzene rings is 2. The van der Waals surface area contributed by atoms with Crippen molar-refractivity contribution in [1.29, 1.82) is 0 Å². The Hall–Kier alpha value is -2.34. The number of ether oxygens (including phenoxy) is 2. The minimum atomic E-state index is -0.317. The van der Waals surface area contributed by atoms with Crippen molar-refractivity contribution in [1.82, 2.24) is 4.90 Å². The lowest BCUT2D eigenvalue weighted by Gasteiger charge is -2.29. The number of hydrogen-bond acceptors (Lipinski definition) is 3. The topological polar surface area (TPSA) is 33.7 Å². The smallest absolute Gasteiger partial charge is 0.174 e. The van der Waals surface area contributed by atoms with Crippen molar-refractivity contribution in [2.45, 2.75) is 18.9 Å². The Kier molecular flexibility index (Phi) is 5.38. The molecular weight excluding hydrogens is 339 g/mol. The molecule has 2 aromatic rings. The molecule has 0 spiro atoms. The fourth-order valence-electron chi connectivity index (χ4n) is 3.18. The number of hydrogen-bond donors (Lipinski definition) is 1. The van der Waals surface area contributed by atoms with E-state index < -0.39 is 0 Å². The van der Waals surface area contributed by atoms with Crippen LogP contribution in [-0.4, -0.2) is 30.8 Å². The molecule has 132 valence electrons. The summed E-state index contributed by atoms with van der Waals surface area (Å²) in [5.41, 5.74) is 1.44. The van der Waals surface area contributed by atoms with Crippen LogP contribution in [0.4, 0.5) is 10.1 Å². The maximum absolute atomic E-state index is 13.9. The van der Waals surface area contributed by atoms with Gasteiger partial charge in [0.05, 0.1) is 25.9 Å². The third-order valence-electron chi connectivity index (χ3n) is 4.43. The summed E-state index contributed by atoms with van der Waals surface area (Å²) in [6, 6.07) is 12.4. The van der Waals surface area contributed by atoms with Crippen LogP contribution >= 0.6 is 12.2 Å². The molecule has 1 heterocycles. The van der Waals surface area contributed by atoms with E-state index in [2.05, 4.69) is 10.2 Å². The summed E-state index contributed by atoms with van der Waals surface area (Å²) in [5.74, 6) is 1.20. The Morgan fingerprint density at radius 3 is 2.72 bits per heavy atom. The van der Waals surface area contributed by atoms with E-state index in [9.17, 15) is 4.39 Å². The second-order valence-corrected chi connectivity index (χ2v) is 6.26. The number of methoxy groups -OCH3 is 2. The van der Waals surface area contributed by atoms with Crippen molar-refractivity contribution in [3.63, 3.8) is 0 Å². The molecule has 1 aliphatic heterocycles. The lowest BCUT2D eigenvalue weighted by Crippen LogP contribution is -2.34. The average molecular weight is 360 g/mol. The predicted octanol–water partition coefficient (Wildman–Crippen LogP) is 4.38. The summed E-state index contributed by atoms with van der Waals surface area (Å²) in [5, 5.41) is 3.55. The van der Waals surface area contributed by atoms with Gasteiger partial charge in [0.1, 0.15) is 17.3 Å². The van der Waals surface area contributed by atoms with Crippen molar-refractivity contribution in [2.24, 2.45) is 0 Å². The number of anilines is 1. The van der Waals surface area contributed by atoms with Crippen LogP contribution in [-0.2, 0) is 0 Å². The second-order valence-electron chi connectivity index (χ2n) is 5.87. The molecule has 2 aromatic carbocycles. The zero-order valence-electron chi connectivity index (χ0n) is 14.3. The fraction of sp³-hybridized carbons (Fsp3) is 0.316. The highest BCUT2D eigenvalue weighted by atomic mass is 32.1. The van der Waals surface area contributed by atoms with Crippen molar-refractivity contribution in [3.8, 4) is 11.5 Å². The van der Waals surface area contributed by atoms with Gasteiger partial charge in [-0.1, -0.05) is 12.1 Å². The Balaban J connectivity index is 1.83. The van der Waals surface area contributed by atoms with Gasteiger partial charge in [0, 0.05) is 18.2 Å². The van der Waals surface area contributed by atoms with Crippen LogP contribution in [0.25, 0.3) is 0 Å². The van der Waals surface area contributed by atoms with E-state index in [0.29, 0.717) is 10.8 Å². The predicted molar refractivity (Wildman–Crippen MR) is 101 cm³/mol. The number of nitrogens with one attached hydrogen (secondary N) is 1. The molecule has 4 nitrogen and oxygen atoms in total. The number of halogens is 1. The van der Waals surface area contributed by atoms with Gasteiger partial charge in [0.25, 0.3) is 0 Å². The molecule has 0 bridgehead atoms. The normalized spacial score (nSPS) is 16.6. The summed E-state index contributed by atoms with van der Waals surface area (Å²) < 4.78 is 24.7. The third-order valence-corrected chi connectivity index (χ3v) is 4.77. The molecule has 1 unspecified atom stereocenters. The van der Waals surface area contributed by atoms with E-state index in [1.807, 2.05) is 18.2 Å². The van der Waals surface area contributed by atoms with E-state index in [1.165, 1.54) is 6.07 Å². The first-order valence-electron chi connectivity index (χ1n) is 8.18. The molecule has 0 aromatic heterocycles. The Labute approximate surface area is 152 Å². The molecule has 1 fully saturated rings. The van der Waals surface area contributed by atoms with Crippen LogP contribution < -0.4 is 14.8 Å². The summed E-state index contributed by atoms with van der Waals surface area (Å²) in [7, 11) is 3.28. The zero-order valence-corrected chi connectivity index (χ0v) is 15.1. The van der Waals surface area contributed by atoms with Crippen LogP contribution in [0.2, 0.25) is 0 Å². The van der Waals surface area contributed by atoms with E-state index >= 15 is 0 Å². The van der Waals surface area contributed by atoms with Crippen LogP contribution in [0.5, 0.6) is 11.5 Å². The summed E-state index contributed by atoms with van der Waals surface area (Å²) in [4.78, 5) is 2.09. The molecule has 1 aliphatic rings. The first kappa shape index (κ1) is 17.5. The maximum atomic E-state index is 13.9. The zero-order chi connectivity index (χ0) is 17.8.